The van der Waals surface area contributed by atoms with Crippen LogP contribution in [0.25, 0.3) is 0 Å². The maximum atomic E-state index is 5.78. The molecule has 0 aliphatic heterocycles. The molecule has 0 aliphatic carbocycles. The summed E-state index contributed by atoms with van der Waals surface area (Å²) in [5.74, 6) is 1.48. The predicted molar refractivity (Wildman–Crippen MR) is 65.0 cm³/mol. The quantitative estimate of drug-likeness (QED) is 0.753. The molecule has 3 heteroatoms. The number of nitrogens with zero attached hydrogens (tertiary/aromatic N) is 1. The van der Waals surface area contributed by atoms with Crippen LogP contribution in [0.4, 0.5) is 0 Å². The highest BCUT2D eigenvalue weighted by atomic mass is 16.7. The molecular formula is C14H16NO2+. The zero-order chi connectivity index (χ0) is 12.1. The van der Waals surface area contributed by atoms with Gasteiger partial charge in [0.05, 0.1) is 6.07 Å². The van der Waals surface area contributed by atoms with Crippen LogP contribution in [0.5, 0.6) is 11.6 Å². The molecule has 0 bridgehead atoms. The zero-order valence-electron chi connectivity index (χ0n) is 10.1. The number of aromatic nitrogens is 1. The van der Waals surface area contributed by atoms with Crippen LogP contribution >= 0.6 is 0 Å². The summed E-state index contributed by atoms with van der Waals surface area (Å²) in [5.41, 5.74) is 1.17. The summed E-state index contributed by atoms with van der Waals surface area (Å²) >= 11 is 0. The Hall–Kier alpha value is -2.03. The van der Waals surface area contributed by atoms with Crippen LogP contribution in [0.15, 0.2) is 48.7 Å². The van der Waals surface area contributed by atoms with Crippen LogP contribution in [0.1, 0.15) is 12.5 Å². The Labute approximate surface area is 101 Å². The molecule has 2 rings (SSSR count). The summed E-state index contributed by atoms with van der Waals surface area (Å²) in [4.78, 5) is 5.43. The first-order valence-electron chi connectivity index (χ1n) is 5.68. The maximum absolute atomic E-state index is 5.78. The molecule has 1 aromatic heterocycles. The lowest BCUT2D eigenvalue weighted by molar-refractivity contribution is -0.892. The molecule has 0 aliphatic rings. The van der Waals surface area contributed by atoms with Gasteiger partial charge in [0.15, 0.2) is 6.61 Å². The Bertz CT molecular complexity index is 497. The molecular weight excluding hydrogens is 214 g/mol. The van der Waals surface area contributed by atoms with Crippen molar-refractivity contribution < 1.29 is 14.3 Å². The van der Waals surface area contributed by atoms with Crippen LogP contribution in [0, 0.1) is 6.92 Å². The van der Waals surface area contributed by atoms with Crippen molar-refractivity contribution in [3.05, 3.63) is 54.2 Å². The van der Waals surface area contributed by atoms with Crippen molar-refractivity contribution in [2.24, 2.45) is 0 Å². The van der Waals surface area contributed by atoms with Crippen LogP contribution in [-0.4, -0.2) is 6.61 Å². The lowest BCUT2D eigenvalue weighted by Gasteiger charge is -2.04. The Balaban J connectivity index is 2.23. The zero-order valence-corrected chi connectivity index (χ0v) is 10.1. The summed E-state index contributed by atoms with van der Waals surface area (Å²) in [6, 6.07) is 13.6. The molecule has 0 radical (unpaired) electrons. The molecule has 1 heterocycles. The van der Waals surface area contributed by atoms with Gasteiger partial charge in [0, 0.05) is 10.8 Å². The number of pyridine rings is 1. The number of hydrogen-bond donors (Lipinski definition) is 0. The Kier molecular flexibility index (Phi) is 3.60. The molecule has 0 atom stereocenters. The number of ether oxygens (including phenoxy) is 1. The summed E-state index contributed by atoms with van der Waals surface area (Å²) in [6.07, 6.45) is 1.83. The van der Waals surface area contributed by atoms with E-state index >= 15 is 0 Å². The van der Waals surface area contributed by atoms with Crippen molar-refractivity contribution in [3.63, 3.8) is 0 Å². The normalized spacial score (nSPS) is 10.0. The van der Waals surface area contributed by atoms with Gasteiger partial charge in [-0.2, -0.15) is 0 Å². The summed E-state index contributed by atoms with van der Waals surface area (Å²) in [7, 11) is 0. The molecule has 0 amide bonds. The second-order valence-electron chi connectivity index (χ2n) is 3.70. The average Bonchev–Trinajstić information content (AvgIpc) is 2.32. The molecule has 0 N–H and O–H groups in total. The maximum Gasteiger partial charge on any atom is 0.422 e. The topological polar surface area (TPSA) is 22.3 Å². The summed E-state index contributed by atoms with van der Waals surface area (Å²) in [6.45, 7) is 4.57. The van der Waals surface area contributed by atoms with Crippen molar-refractivity contribution in [1.29, 1.82) is 0 Å². The van der Waals surface area contributed by atoms with Gasteiger partial charge in [-0.15, -0.1) is 0 Å². The van der Waals surface area contributed by atoms with Crippen molar-refractivity contribution in [2.75, 3.05) is 6.61 Å². The molecule has 1 aromatic carbocycles. The average molecular weight is 230 g/mol. The molecule has 17 heavy (non-hydrogen) atoms. The summed E-state index contributed by atoms with van der Waals surface area (Å²) < 4.78 is 7.41. The molecule has 0 fully saturated rings. The van der Waals surface area contributed by atoms with E-state index in [0.29, 0.717) is 12.5 Å². The molecule has 0 saturated heterocycles. The van der Waals surface area contributed by atoms with Gasteiger partial charge in [-0.05, 0) is 37.6 Å². The first-order chi connectivity index (χ1) is 8.29. The van der Waals surface area contributed by atoms with E-state index < -0.39 is 0 Å². The fraction of sp³-hybridized carbons (Fsp3) is 0.214. The number of benzene rings is 1. The van der Waals surface area contributed by atoms with Gasteiger partial charge in [0.2, 0.25) is 6.20 Å². The fourth-order valence-electron chi connectivity index (χ4n) is 1.54. The number of aryl methyl sites for hydroxylation is 1. The standard InChI is InChI=1S/C14H16NO2/c1-3-16-15-10-5-4-9-14(15)17-13-8-6-7-12(2)11-13/h4-11H,3H2,1-2H3/q+1. The third-order valence-electron chi connectivity index (χ3n) is 2.27. The third-order valence-corrected chi connectivity index (χ3v) is 2.27. The smallest absolute Gasteiger partial charge is 0.402 e. The predicted octanol–water partition coefficient (Wildman–Crippen LogP) is 2.52. The van der Waals surface area contributed by atoms with E-state index in [0.717, 1.165) is 5.75 Å². The first-order valence-corrected chi connectivity index (χ1v) is 5.68. The van der Waals surface area contributed by atoms with Crippen LogP contribution in [0.2, 0.25) is 0 Å². The third kappa shape index (κ3) is 2.97. The van der Waals surface area contributed by atoms with E-state index in [1.807, 2.05) is 62.5 Å². The van der Waals surface area contributed by atoms with Crippen LogP contribution in [0.3, 0.4) is 0 Å². The summed E-state index contributed by atoms with van der Waals surface area (Å²) in [5, 5.41) is 0. The van der Waals surface area contributed by atoms with Crippen molar-refractivity contribution in [3.8, 4) is 11.6 Å². The highest BCUT2D eigenvalue weighted by molar-refractivity contribution is 5.29. The van der Waals surface area contributed by atoms with E-state index in [1.165, 1.54) is 5.56 Å². The van der Waals surface area contributed by atoms with Gasteiger partial charge >= 0.3 is 5.88 Å². The van der Waals surface area contributed by atoms with E-state index in [1.54, 1.807) is 4.73 Å². The van der Waals surface area contributed by atoms with E-state index in [9.17, 15) is 0 Å². The van der Waals surface area contributed by atoms with Gasteiger partial charge in [-0.1, -0.05) is 12.1 Å². The number of rotatable bonds is 4. The number of hydrogen-bond acceptors (Lipinski definition) is 2. The first kappa shape index (κ1) is 11.5. The van der Waals surface area contributed by atoms with Crippen molar-refractivity contribution >= 4 is 0 Å². The SMILES string of the molecule is CCO[n+]1ccccc1Oc1cccc(C)c1. The fourth-order valence-corrected chi connectivity index (χ4v) is 1.54. The minimum atomic E-state index is 0.596. The van der Waals surface area contributed by atoms with Gasteiger partial charge in [0.1, 0.15) is 5.75 Å². The highest BCUT2D eigenvalue weighted by Crippen LogP contribution is 2.18. The minimum Gasteiger partial charge on any atom is -0.402 e. The van der Waals surface area contributed by atoms with E-state index in [-0.39, 0.29) is 0 Å². The van der Waals surface area contributed by atoms with Gasteiger partial charge in [0.25, 0.3) is 0 Å². The molecule has 0 unspecified atom stereocenters. The lowest BCUT2D eigenvalue weighted by Crippen LogP contribution is -2.43. The van der Waals surface area contributed by atoms with E-state index in [4.69, 9.17) is 9.57 Å². The van der Waals surface area contributed by atoms with Gasteiger partial charge in [-0.3, -0.25) is 4.84 Å². The van der Waals surface area contributed by atoms with Gasteiger partial charge in [-0.25, -0.2) is 0 Å². The Morgan fingerprint density at radius 1 is 1.12 bits per heavy atom. The van der Waals surface area contributed by atoms with Gasteiger partial charge < -0.3 is 4.74 Å². The molecule has 88 valence electrons. The molecule has 0 saturated carbocycles. The Morgan fingerprint density at radius 2 is 2.00 bits per heavy atom. The highest BCUT2D eigenvalue weighted by Gasteiger charge is 2.13. The van der Waals surface area contributed by atoms with Crippen molar-refractivity contribution in [2.45, 2.75) is 13.8 Å². The van der Waals surface area contributed by atoms with Crippen molar-refractivity contribution in [1.82, 2.24) is 0 Å². The minimum absolute atomic E-state index is 0.596. The molecule has 2 aromatic rings. The van der Waals surface area contributed by atoms with Crippen LogP contribution in [-0.2, 0) is 0 Å². The van der Waals surface area contributed by atoms with Crippen LogP contribution < -0.4 is 14.3 Å². The second kappa shape index (κ2) is 5.34. The Morgan fingerprint density at radius 3 is 2.76 bits per heavy atom. The monoisotopic (exact) mass is 230 g/mol. The second-order valence-corrected chi connectivity index (χ2v) is 3.70. The van der Waals surface area contributed by atoms with E-state index in [2.05, 4.69) is 0 Å². The molecule has 3 nitrogen and oxygen atoms in total. The lowest BCUT2D eigenvalue weighted by atomic mass is 10.2. The largest absolute Gasteiger partial charge is 0.422 e. The molecule has 0 spiro atoms.